The molecular weight excluding hydrogens is 391 g/mol. The molecule has 2 aromatic rings. The van der Waals surface area contributed by atoms with Crippen LogP contribution in [0, 0.1) is 6.92 Å². The lowest BCUT2D eigenvalue weighted by Gasteiger charge is -2.19. The predicted molar refractivity (Wildman–Crippen MR) is 106 cm³/mol. The van der Waals surface area contributed by atoms with Crippen LogP contribution in [-0.4, -0.2) is 36.2 Å². The molecule has 3 rings (SSSR count). The highest BCUT2D eigenvalue weighted by atomic mass is 32.1. The monoisotopic (exact) mass is 411 g/mol. The Hall–Kier alpha value is -2.55. The first-order valence-corrected chi connectivity index (χ1v) is 9.18. The lowest BCUT2D eigenvalue weighted by atomic mass is 10.1. The van der Waals surface area contributed by atoms with Gasteiger partial charge in [0.2, 0.25) is 0 Å². The maximum Gasteiger partial charge on any atom is 0.422 e. The Labute approximate surface area is 165 Å². The molecule has 1 aromatic heterocycles. The molecule has 0 aliphatic heterocycles. The molecule has 0 unspecified atom stereocenters. The van der Waals surface area contributed by atoms with Crippen molar-refractivity contribution < 1.29 is 22.7 Å². The smallest absolute Gasteiger partial charge is 0.422 e. The summed E-state index contributed by atoms with van der Waals surface area (Å²) in [5.41, 5.74) is 4.51. The summed E-state index contributed by atoms with van der Waals surface area (Å²) >= 11 is 4.89. The molecule has 1 fully saturated rings. The van der Waals surface area contributed by atoms with Gasteiger partial charge in [-0.2, -0.15) is 13.2 Å². The van der Waals surface area contributed by atoms with Gasteiger partial charge in [-0.3, -0.25) is 4.79 Å². The minimum Gasteiger partial charge on any atom is -0.484 e. The molecule has 5 nitrogen and oxygen atoms in total. The van der Waals surface area contributed by atoms with E-state index in [1.54, 1.807) is 26.1 Å². The fourth-order valence-corrected chi connectivity index (χ4v) is 3.10. The van der Waals surface area contributed by atoms with Crippen LogP contribution >= 0.6 is 12.2 Å². The normalized spacial score (nSPS) is 13.9. The van der Waals surface area contributed by atoms with Crippen molar-refractivity contribution in [3.05, 3.63) is 41.2 Å². The van der Waals surface area contributed by atoms with Crippen molar-refractivity contribution in [2.45, 2.75) is 31.9 Å². The molecule has 0 saturated heterocycles. The first-order valence-electron chi connectivity index (χ1n) is 8.71. The molecular formula is C19H20F3N3O2S. The minimum atomic E-state index is -4.41. The molecule has 150 valence electrons. The van der Waals surface area contributed by atoms with Gasteiger partial charge < -0.3 is 19.9 Å². The zero-order valence-corrected chi connectivity index (χ0v) is 16.2. The van der Waals surface area contributed by atoms with Crippen LogP contribution in [0.2, 0.25) is 0 Å². The number of halogens is 3. The van der Waals surface area contributed by atoms with Crippen LogP contribution in [0.3, 0.4) is 0 Å². The number of amides is 1. The van der Waals surface area contributed by atoms with E-state index in [-0.39, 0.29) is 11.7 Å². The molecule has 1 aromatic carbocycles. The van der Waals surface area contributed by atoms with Gasteiger partial charge in [0, 0.05) is 18.9 Å². The van der Waals surface area contributed by atoms with Crippen LogP contribution in [-0.2, 0) is 0 Å². The molecule has 0 spiro atoms. The van der Waals surface area contributed by atoms with E-state index in [9.17, 15) is 18.0 Å². The number of carbonyl (C=O) groups is 1. The number of nitrogens with zero attached hydrogens (tertiary/aromatic N) is 1. The molecule has 0 bridgehead atoms. The average Bonchev–Trinajstić information content (AvgIpc) is 3.39. The quantitative estimate of drug-likeness (QED) is 0.644. The molecule has 1 aliphatic carbocycles. The molecule has 1 saturated carbocycles. The van der Waals surface area contributed by atoms with E-state index in [0.29, 0.717) is 28.6 Å². The van der Waals surface area contributed by atoms with Crippen molar-refractivity contribution in [1.82, 2.24) is 4.98 Å². The fourth-order valence-electron chi connectivity index (χ4n) is 2.99. The topological polar surface area (TPSA) is 57.4 Å². The van der Waals surface area contributed by atoms with Crippen LogP contribution in [0.1, 0.15) is 40.4 Å². The van der Waals surface area contributed by atoms with Gasteiger partial charge in [0.15, 0.2) is 6.61 Å². The van der Waals surface area contributed by atoms with E-state index in [0.717, 1.165) is 18.4 Å². The lowest BCUT2D eigenvalue weighted by molar-refractivity contribution is -0.153. The summed E-state index contributed by atoms with van der Waals surface area (Å²) in [4.78, 5) is 17.4. The van der Waals surface area contributed by atoms with Gasteiger partial charge >= 0.3 is 6.18 Å². The SMILES string of the molecule is Cc1cc(N(C)C(=O)c2[nH]cc(C3CC3)c2NC=S)ccc1OCC(F)(F)F. The Morgan fingerprint density at radius 1 is 1.43 bits per heavy atom. The van der Waals surface area contributed by atoms with Gasteiger partial charge in [0.25, 0.3) is 5.91 Å². The summed E-state index contributed by atoms with van der Waals surface area (Å²) in [5.74, 6) is 0.267. The number of rotatable bonds is 7. The van der Waals surface area contributed by atoms with E-state index in [4.69, 9.17) is 17.0 Å². The van der Waals surface area contributed by atoms with Crippen LogP contribution in [0.25, 0.3) is 0 Å². The average molecular weight is 411 g/mol. The standard InChI is InChI=1S/C19H20F3N3O2S/c1-11-7-13(5-6-15(11)27-9-19(20,21)22)25(2)18(26)17-16(24-10-28)14(8-23-17)12-3-4-12/h5-8,10,12,23H,3-4,9H2,1-2H3,(H,24,28). The molecule has 1 amide bonds. The van der Waals surface area contributed by atoms with Crippen LogP contribution < -0.4 is 15.0 Å². The van der Waals surface area contributed by atoms with E-state index in [1.807, 2.05) is 6.20 Å². The second-order valence-electron chi connectivity index (χ2n) is 6.75. The van der Waals surface area contributed by atoms with Gasteiger partial charge in [0.1, 0.15) is 11.4 Å². The fraction of sp³-hybridized carbons (Fsp3) is 0.368. The molecule has 1 aliphatic rings. The second kappa shape index (κ2) is 7.83. The number of hydrogen-bond donors (Lipinski definition) is 2. The lowest BCUT2D eigenvalue weighted by Crippen LogP contribution is -2.27. The van der Waals surface area contributed by atoms with Crippen LogP contribution in [0.15, 0.2) is 24.4 Å². The van der Waals surface area contributed by atoms with Gasteiger partial charge in [-0.15, -0.1) is 0 Å². The van der Waals surface area contributed by atoms with Gasteiger partial charge in [-0.1, -0.05) is 12.2 Å². The molecule has 1 heterocycles. The highest BCUT2D eigenvalue weighted by molar-refractivity contribution is 7.79. The number of ether oxygens (including phenoxy) is 1. The van der Waals surface area contributed by atoms with Crippen molar-refractivity contribution in [2.75, 3.05) is 23.9 Å². The number of alkyl halides is 3. The van der Waals surface area contributed by atoms with Crippen molar-refractivity contribution in [2.24, 2.45) is 0 Å². The van der Waals surface area contributed by atoms with E-state index < -0.39 is 12.8 Å². The number of benzene rings is 1. The summed E-state index contributed by atoms with van der Waals surface area (Å²) in [6.07, 6.45) is -0.437. The molecule has 2 N–H and O–H groups in total. The maximum atomic E-state index is 13.0. The summed E-state index contributed by atoms with van der Waals surface area (Å²) in [5, 5.41) is 2.97. The van der Waals surface area contributed by atoms with Crippen LogP contribution in [0.4, 0.5) is 24.5 Å². The minimum absolute atomic E-state index is 0.126. The molecule has 28 heavy (non-hydrogen) atoms. The van der Waals surface area contributed by atoms with Crippen molar-refractivity contribution >= 4 is 35.0 Å². The predicted octanol–water partition coefficient (Wildman–Crippen LogP) is 4.79. The third-order valence-electron chi connectivity index (χ3n) is 4.59. The number of nitrogens with one attached hydrogen (secondary N) is 2. The number of carbonyl (C=O) groups excluding carboxylic acids is 1. The zero-order chi connectivity index (χ0) is 20.5. The maximum absolute atomic E-state index is 13.0. The Morgan fingerprint density at radius 3 is 2.71 bits per heavy atom. The second-order valence-corrected chi connectivity index (χ2v) is 6.98. The van der Waals surface area contributed by atoms with Crippen molar-refractivity contribution in [3.8, 4) is 5.75 Å². The molecule has 9 heteroatoms. The largest absolute Gasteiger partial charge is 0.484 e. The van der Waals surface area contributed by atoms with Gasteiger partial charge in [0.05, 0.1) is 11.2 Å². The highest BCUT2D eigenvalue weighted by Gasteiger charge is 2.31. The summed E-state index contributed by atoms with van der Waals surface area (Å²) in [6.45, 7) is 0.271. The number of anilines is 2. The van der Waals surface area contributed by atoms with E-state index in [1.165, 1.54) is 16.5 Å². The van der Waals surface area contributed by atoms with E-state index >= 15 is 0 Å². The zero-order valence-electron chi connectivity index (χ0n) is 15.4. The number of aryl methyl sites for hydroxylation is 1. The molecule has 0 radical (unpaired) electrons. The molecule has 0 atom stereocenters. The Balaban J connectivity index is 1.80. The number of aromatic amines is 1. The number of hydrogen-bond acceptors (Lipinski definition) is 3. The van der Waals surface area contributed by atoms with Gasteiger partial charge in [-0.05, 0) is 55.0 Å². The summed E-state index contributed by atoms with van der Waals surface area (Å²) in [6, 6.07) is 4.59. The number of thiocarbonyl (C=S) groups is 1. The highest BCUT2D eigenvalue weighted by Crippen LogP contribution is 2.44. The first-order chi connectivity index (χ1) is 13.2. The van der Waals surface area contributed by atoms with Crippen molar-refractivity contribution in [1.29, 1.82) is 0 Å². The van der Waals surface area contributed by atoms with E-state index in [2.05, 4.69) is 10.3 Å². The van der Waals surface area contributed by atoms with Crippen molar-refractivity contribution in [3.63, 3.8) is 0 Å². The first kappa shape index (κ1) is 20.2. The summed E-state index contributed by atoms with van der Waals surface area (Å²) < 4.78 is 41.8. The Morgan fingerprint density at radius 2 is 2.14 bits per heavy atom. The Bertz CT molecular complexity index is 891. The Kier molecular flexibility index (Phi) is 5.64. The number of aromatic nitrogens is 1. The third kappa shape index (κ3) is 4.46. The summed E-state index contributed by atoms with van der Waals surface area (Å²) in [7, 11) is 1.60. The van der Waals surface area contributed by atoms with Gasteiger partial charge in [-0.25, -0.2) is 0 Å². The van der Waals surface area contributed by atoms with Crippen LogP contribution in [0.5, 0.6) is 5.75 Å². The third-order valence-corrected chi connectivity index (χ3v) is 4.70. The number of H-pyrrole nitrogens is 1.